The highest BCUT2D eigenvalue weighted by Gasteiger charge is 2.30. The van der Waals surface area contributed by atoms with Gasteiger partial charge in [-0.05, 0) is 68.6 Å². The van der Waals surface area contributed by atoms with Gasteiger partial charge in [-0.1, -0.05) is 25.4 Å². The van der Waals surface area contributed by atoms with Gasteiger partial charge in [-0.25, -0.2) is 14.1 Å². The number of anilines is 1. The van der Waals surface area contributed by atoms with E-state index in [1.165, 1.54) is 19.2 Å². The van der Waals surface area contributed by atoms with E-state index in [4.69, 9.17) is 11.6 Å². The summed E-state index contributed by atoms with van der Waals surface area (Å²) in [5.41, 5.74) is 0.638. The number of halogens is 2. The predicted molar refractivity (Wildman–Crippen MR) is 172 cm³/mol. The fourth-order valence-corrected chi connectivity index (χ4v) is 6.51. The van der Waals surface area contributed by atoms with Crippen LogP contribution in [-0.2, 0) is 22.6 Å². The maximum Gasteiger partial charge on any atom is 0.325 e. The van der Waals surface area contributed by atoms with Gasteiger partial charge >= 0.3 is 16.5 Å². The topological polar surface area (TPSA) is 164 Å². The van der Waals surface area contributed by atoms with Gasteiger partial charge in [-0.3, -0.25) is 34.5 Å². The number of esters is 1. The van der Waals surface area contributed by atoms with Crippen LogP contribution in [0.1, 0.15) is 50.7 Å². The number of nitro groups is 2. The molecule has 1 aliphatic rings. The summed E-state index contributed by atoms with van der Waals surface area (Å²) in [6, 6.07) is 3.99. The second kappa shape index (κ2) is 16.0. The highest BCUT2D eigenvalue weighted by atomic mass is 35.5. The van der Waals surface area contributed by atoms with E-state index in [2.05, 4.69) is 15.0 Å². The van der Waals surface area contributed by atoms with Gasteiger partial charge in [-0.2, -0.15) is 0 Å². The number of methoxy groups -OCH3 is 1. The number of nitrogens with zero attached hydrogens (tertiary/aromatic N) is 5. The van der Waals surface area contributed by atoms with Crippen molar-refractivity contribution in [3.8, 4) is 0 Å². The van der Waals surface area contributed by atoms with Crippen LogP contribution in [-0.4, -0.2) is 44.1 Å². The van der Waals surface area contributed by atoms with Crippen molar-refractivity contribution >= 4 is 63.4 Å². The summed E-state index contributed by atoms with van der Waals surface area (Å²) >= 11 is 8.17. The molecule has 0 spiro atoms. The van der Waals surface area contributed by atoms with E-state index in [0.717, 1.165) is 54.8 Å². The molecular formula is C28H34ClFN6O7S2. The minimum atomic E-state index is -0.580. The average Bonchev–Trinajstić information content (AvgIpc) is 3.32. The SMILES string of the molecule is CCC(CC)Nc1c([N+](=O)[O-])cc(C)c(C)c1[N+](=O)[O-].COC(=O)CSc1cc(/N=c2\sc(=O)n3n2CCCC3)c(F)cc1Cl. The summed E-state index contributed by atoms with van der Waals surface area (Å²) in [7, 11) is 1.30. The predicted octanol–water partition coefficient (Wildman–Crippen LogP) is 6.52. The smallest absolute Gasteiger partial charge is 0.325 e. The second-order valence-corrected chi connectivity index (χ2v) is 12.4. The molecule has 0 radical (unpaired) electrons. The molecule has 0 aliphatic carbocycles. The van der Waals surface area contributed by atoms with Crippen LogP contribution in [0.2, 0.25) is 5.02 Å². The Labute approximate surface area is 271 Å². The van der Waals surface area contributed by atoms with Gasteiger partial charge in [-0.15, -0.1) is 11.8 Å². The molecule has 2 aromatic carbocycles. The normalized spacial score (nSPS) is 12.8. The number of carbonyl (C=O) groups excluding carboxylic acids is 1. The van der Waals surface area contributed by atoms with Crippen molar-refractivity contribution in [2.45, 2.75) is 77.4 Å². The first-order valence-corrected chi connectivity index (χ1v) is 16.2. The van der Waals surface area contributed by atoms with Gasteiger partial charge in [0.15, 0.2) is 5.69 Å². The maximum absolute atomic E-state index is 14.3. The van der Waals surface area contributed by atoms with Crippen LogP contribution in [0.25, 0.3) is 0 Å². The number of aryl methyl sites for hydroxylation is 1. The first kappa shape index (κ1) is 35.7. The number of thioether (sulfide) groups is 1. The van der Waals surface area contributed by atoms with Crippen LogP contribution in [0, 0.1) is 39.9 Å². The van der Waals surface area contributed by atoms with Gasteiger partial charge < -0.3 is 10.1 Å². The van der Waals surface area contributed by atoms with Crippen LogP contribution >= 0.6 is 34.7 Å². The maximum atomic E-state index is 14.3. The molecule has 0 bridgehead atoms. The zero-order valence-corrected chi connectivity index (χ0v) is 27.8. The Balaban J connectivity index is 0.000000253. The van der Waals surface area contributed by atoms with Crippen molar-refractivity contribution in [1.29, 1.82) is 0 Å². The lowest BCUT2D eigenvalue weighted by Crippen LogP contribution is -2.31. The molecule has 0 amide bonds. The van der Waals surface area contributed by atoms with E-state index in [0.29, 0.717) is 33.9 Å². The third-order valence-electron chi connectivity index (χ3n) is 7.19. The molecule has 0 atom stereocenters. The molecule has 244 valence electrons. The summed E-state index contributed by atoms with van der Waals surface area (Å²) < 4.78 is 22.3. The quantitative estimate of drug-likeness (QED) is 0.108. The van der Waals surface area contributed by atoms with Crippen molar-refractivity contribution in [3.05, 3.63) is 74.9 Å². The van der Waals surface area contributed by atoms with Crippen LogP contribution in [0.4, 0.5) is 27.1 Å². The number of nitrogens with one attached hydrogen (secondary N) is 1. The van der Waals surface area contributed by atoms with Gasteiger partial charge in [0, 0.05) is 35.7 Å². The molecule has 4 rings (SSSR count). The highest BCUT2D eigenvalue weighted by Crippen LogP contribution is 2.39. The van der Waals surface area contributed by atoms with Gasteiger partial charge in [0.1, 0.15) is 11.5 Å². The molecule has 1 aliphatic heterocycles. The van der Waals surface area contributed by atoms with Crippen LogP contribution < -0.4 is 15.0 Å². The number of hydrogen-bond acceptors (Lipinski definition) is 11. The van der Waals surface area contributed by atoms with E-state index in [1.807, 2.05) is 13.8 Å². The summed E-state index contributed by atoms with van der Waals surface area (Å²) in [6.07, 6.45) is 3.36. The Morgan fingerprint density at radius 2 is 1.80 bits per heavy atom. The number of rotatable bonds is 10. The molecule has 13 nitrogen and oxygen atoms in total. The molecule has 0 unspecified atom stereocenters. The van der Waals surface area contributed by atoms with Gasteiger partial charge in [0.25, 0.3) is 5.69 Å². The van der Waals surface area contributed by atoms with Crippen LogP contribution in [0.15, 0.2) is 32.9 Å². The second-order valence-electron chi connectivity index (χ2n) is 10.0. The van der Waals surface area contributed by atoms with Crippen molar-refractivity contribution < 1.29 is 23.8 Å². The Hall–Kier alpha value is -3.76. The fraction of sp³-hybridized carbons (Fsp3) is 0.464. The van der Waals surface area contributed by atoms with E-state index in [9.17, 15) is 34.2 Å². The van der Waals surface area contributed by atoms with E-state index >= 15 is 0 Å². The van der Waals surface area contributed by atoms with Crippen molar-refractivity contribution in [2.75, 3.05) is 18.2 Å². The summed E-state index contributed by atoms with van der Waals surface area (Å²) in [6.45, 7) is 8.43. The Morgan fingerprint density at radius 3 is 2.38 bits per heavy atom. The number of carbonyl (C=O) groups is 1. The largest absolute Gasteiger partial charge is 0.468 e. The Kier molecular flexibility index (Phi) is 12.7. The number of aromatic nitrogens is 2. The lowest BCUT2D eigenvalue weighted by molar-refractivity contribution is -0.392. The molecular weight excluding hydrogens is 651 g/mol. The molecule has 2 heterocycles. The molecule has 0 saturated heterocycles. The van der Waals surface area contributed by atoms with E-state index in [1.54, 1.807) is 23.2 Å². The van der Waals surface area contributed by atoms with Crippen molar-refractivity contribution in [3.63, 3.8) is 0 Å². The lowest BCUT2D eigenvalue weighted by Gasteiger charge is -2.17. The molecule has 0 fully saturated rings. The first-order chi connectivity index (χ1) is 21.3. The molecule has 45 heavy (non-hydrogen) atoms. The standard InChI is InChI=1S/C15H15ClFN3O3S2.C13H19N3O4/c1-23-13(21)8-24-12-7-11(10(17)6-9(12)16)18-14-19-4-2-3-5-20(19)15(22)25-14;1-5-10(6-2)14-12-11(15(17)18)7-8(3)9(4)13(12)16(19)20/h6-7H,2-5,8H2,1H3;7,10,14H,5-6H2,1-4H3/b18-14-;. The number of benzene rings is 2. The minimum Gasteiger partial charge on any atom is -0.468 e. The van der Waals surface area contributed by atoms with Gasteiger partial charge in [0.05, 0.1) is 27.7 Å². The molecule has 1 aromatic heterocycles. The third-order valence-corrected chi connectivity index (χ3v) is 9.51. The lowest BCUT2D eigenvalue weighted by atomic mass is 10.0. The van der Waals surface area contributed by atoms with E-state index in [-0.39, 0.29) is 44.4 Å². The molecule has 1 N–H and O–H groups in total. The Bertz CT molecular complexity index is 1720. The van der Waals surface area contributed by atoms with Crippen LogP contribution in [0.3, 0.4) is 0 Å². The summed E-state index contributed by atoms with van der Waals surface area (Å²) in [5.74, 6) is -0.923. The monoisotopic (exact) mass is 684 g/mol. The number of nitro benzene ring substituents is 2. The first-order valence-electron chi connectivity index (χ1n) is 14.1. The number of fused-ring (bicyclic) bond motifs is 1. The summed E-state index contributed by atoms with van der Waals surface area (Å²) in [5, 5.41) is 25.6. The zero-order valence-electron chi connectivity index (χ0n) is 25.4. The number of ether oxygens (including phenoxy) is 1. The third kappa shape index (κ3) is 8.70. The zero-order chi connectivity index (χ0) is 33.4. The highest BCUT2D eigenvalue weighted by molar-refractivity contribution is 8.00. The minimum absolute atomic E-state index is 0.0109. The van der Waals surface area contributed by atoms with Crippen molar-refractivity contribution in [1.82, 2.24) is 9.36 Å². The molecule has 3 aromatic rings. The summed E-state index contributed by atoms with van der Waals surface area (Å²) in [4.78, 5) is 49.8. The molecule has 0 saturated carbocycles. The van der Waals surface area contributed by atoms with Crippen LogP contribution in [0.5, 0.6) is 0 Å². The average molecular weight is 685 g/mol. The van der Waals surface area contributed by atoms with Crippen molar-refractivity contribution in [2.24, 2.45) is 4.99 Å². The Morgan fingerprint density at radius 1 is 1.16 bits per heavy atom. The number of hydrogen-bond donors (Lipinski definition) is 1. The van der Waals surface area contributed by atoms with E-state index < -0.39 is 21.6 Å². The molecule has 17 heteroatoms. The fourth-order valence-electron chi connectivity index (χ4n) is 4.52. The van der Waals surface area contributed by atoms with Gasteiger partial charge in [0.2, 0.25) is 4.80 Å².